The molecule has 7 nitrogen and oxygen atoms in total. The molecule has 1 N–H and O–H groups in total. The van der Waals surface area contributed by atoms with Crippen molar-refractivity contribution in [2.45, 2.75) is 31.7 Å². The van der Waals surface area contributed by atoms with Crippen LogP contribution in [0.15, 0.2) is 66.1 Å². The van der Waals surface area contributed by atoms with Gasteiger partial charge in [0.1, 0.15) is 10.6 Å². The predicted octanol–water partition coefficient (Wildman–Crippen LogP) is 3.09. The van der Waals surface area contributed by atoms with Gasteiger partial charge in [0.05, 0.1) is 6.33 Å². The molecule has 0 atom stereocenters. The molecule has 0 aliphatic rings. The Labute approximate surface area is 170 Å². The molecule has 1 aromatic heterocycles. The van der Waals surface area contributed by atoms with Gasteiger partial charge in [-0.3, -0.25) is 4.79 Å². The Morgan fingerprint density at radius 2 is 1.90 bits per heavy atom. The van der Waals surface area contributed by atoms with Gasteiger partial charge in [0, 0.05) is 31.0 Å². The van der Waals surface area contributed by atoms with Crippen LogP contribution in [0.5, 0.6) is 5.75 Å². The van der Waals surface area contributed by atoms with E-state index in [1.165, 1.54) is 12.1 Å². The lowest BCUT2D eigenvalue weighted by Crippen LogP contribution is -2.25. The molecule has 2 aromatic carbocycles. The molecular formula is C21H23N3O4S. The molecule has 29 heavy (non-hydrogen) atoms. The first kappa shape index (κ1) is 20.6. The number of benzene rings is 2. The number of hydrogen-bond acceptors (Lipinski definition) is 5. The summed E-state index contributed by atoms with van der Waals surface area (Å²) in [5.74, 6) is -0.0675. The second-order valence-corrected chi connectivity index (χ2v) is 8.26. The topological polar surface area (TPSA) is 90.3 Å². The number of carbonyl (C=O) groups is 1. The number of aromatic nitrogens is 2. The summed E-state index contributed by atoms with van der Waals surface area (Å²) in [6.07, 6.45) is 6.08. The summed E-state index contributed by atoms with van der Waals surface area (Å²) < 4.78 is 32.3. The van der Waals surface area contributed by atoms with Gasteiger partial charge >= 0.3 is 10.1 Å². The van der Waals surface area contributed by atoms with Gasteiger partial charge in [-0.1, -0.05) is 12.1 Å². The quantitative estimate of drug-likeness (QED) is 0.453. The zero-order valence-electron chi connectivity index (χ0n) is 16.3. The summed E-state index contributed by atoms with van der Waals surface area (Å²) >= 11 is 0. The molecule has 3 rings (SSSR count). The highest BCUT2D eigenvalue weighted by atomic mass is 32.2. The number of imidazole rings is 1. The van der Waals surface area contributed by atoms with Gasteiger partial charge in [0.15, 0.2) is 0 Å². The Hall–Kier alpha value is -3.13. The van der Waals surface area contributed by atoms with Gasteiger partial charge in [-0.05, 0) is 61.7 Å². The van der Waals surface area contributed by atoms with Crippen LogP contribution < -0.4 is 9.50 Å². The zero-order valence-corrected chi connectivity index (χ0v) is 17.1. The van der Waals surface area contributed by atoms with E-state index in [1.807, 2.05) is 23.8 Å². The van der Waals surface area contributed by atoms with E-state index in [-0.39, 0.29) is 16.6 Å². The summed E-state index contributed by atoms with van der Waals surface area (Å²) in [7, 11) is -3.95. The molecule has 0 radical (unpaired) electrons. The molecule has 0 aliphatic heterocycles. The maximum atomic E-state index is 12.6. The van der Waals surface area contributed by atoms with E-state index in [0.29, 0.717) is 17.7 Å². The lowest BCUT2D eigenvalue weighted by molar-refractivity contribution is 0.0952. The van der Waals surface area contributed by atoms with E-state index >= 15 is 0 Å². The maximum Gasteiger partial charge on any atom is 0.339 e. The summed E-state index contributed by atoms with van der Waals surface area (Å²) in [6.45, 7) is 4.83. The highest BCUT2D eigenvalue weighted by Crippen LogP contribution is 2.22. The van der Waals surface area contributed by atoms with Crippen molar-refractivity contribution < 1.29 is 17.4 Å². The zero-order chi connectivity index (χ0) is 20.9. The third kappa shape index (κ3) is 5.45. The van der Waals surface area contributed by atoms with Crippen molar-refractivity contribution in [1.82, 2.24) is 14.9 Å². The number of hydrogen-bond donors (Lipinski definition) is 1. The number of nitrogens with one attached hydrogen (secondary N) is 1. The van der Waals surface area contributed by atoms with Crippen molar-refractivity contribution in [3.05, 3.63) is 77.9 Å². The van der Waals surface area contributed by atoms with E-state index in [2.05, 4.69) is 10.3 Å². The van der Waals surface area contributed by atoms with Crippen molar-refractivity contribution in [3.63, 3.8) is 0 Å². The Kier molecular flexibility index (Phi) is 6.33. The SMILES string of the molecule is Cc1ccc(C)c(S(=O)(=O)Oc2ccc(C(=O)NCCCn3ccnc3)cc2)c1. The Morgan fingerprint density at radius 1 is 1.14 bits per heavy atom. The number of carbonyl (C=O) groups excluding carboxylic acids is 1. The normalized spacial score (nSPS) is 11.2. The molecule has 0 unspecified atom stereocenters. The van der Waals surface area contributed by atoms with Gasteiger partial charge in [-0.15, -0.1) is 0 Å². The fourth-order valence-electron chi connectivity index (χ4n) is 2.79. The van der Waals surface area contributed by atoms with Crippen molar-refractivity contribution >= 4 is 16.0 Å². The third-order valence-electron chi connectivity index (χ3n) is 4.37. The summed E-state index contributed by atoms with van der Waals surface area (Å²) in [5.41, 5.74) is 1.88. The molecule has 8 heteroatoms. The van der Waals surface area contributed by atoms with Crippen LogP contribution in [-0.2, 0) is 16.7 Å². The van der Waals surface area contributed by atoms with Crippen LogP contribution in [0.4, 0.5) is 0 Å². The summed E-state index contributed by atoms with van der Waals surface area (Å²) in [5, 5.41) is 2.84. The van der Waals surface area contributed by atoms with Gasteiger partial charge in [0.2, 0.25) is 0 Å². The van der Waals surface area contributed by atoms with Crippen molar-refractivity contribution in [2.75, 3.05) is 6.54 Å². The maximum absolute atomic E-state index is 12.6. The molecule has 152 valence electrons. The van der Waals surface area contributed by atoms with Crippen LogP contribution in [-0.4, -0.2) is 30.4 Å². The molecule has 0 aliphatic carbocycles. The molecule has 1 amide bonds. The van der Waals surface area contributed by atoms with Gasteiger partial charge in [-0.25, -0.2) is 4.98 Å². The second-order valence-electron chi connectivity index (χ2n) is 6.74. The molecule has 0 spiro atoms. The largest absolute Gasteiger partial charge is 0.379 e. The Morgan fingerprint density at radius 3 is 2.59 bits per heavy atom. The van der Waals surface area contributed by atoms with E-state index in [4.69, 9.17) is 4.18 Å². The fourth-order valence-corrected chi connectivity index (χ4v) is 4.04. The van der Waals surface area contributed by atoms with E-state index in [9.17, 15) is 13.2 Å². The molecule has 3 aromatic rings. The molecule has 1 heterocycles. The van der Waals surface area contributed by atoms with Crippen LogP contribution >= 0.6 is 0 Å². The second kappa shape index (κ2) is 8.91. The lowest BCUT2D eigenvalue weighted by atomic mass is 10.2. The number of amides is 1. The van der Waals surface area contributed by atoms with Crippen LogP contribution in [0, 0.1) is 13.8 Å². The first-order valence-electron chi connectivity index (χ1n) is 9.21. The van der Waals surface area contributed by atoms with Crippen molar-refractivity contribution in [1.29, 1.82) is 0 Å². The standard InChI is InChI=1S/C21H23N3O4S/c1-16-4-5-17(2)20(14-16)29(26,27)28-19-8-6-18(7-9-19)21(25)23-10-3-12-24-13-11-22-15-24/h4-9,11,13-15H,3,10,12H2,1-2H3,(H,23,25). The first-order chi connectivity index (χ1) is 13.8. The van der Waals surface area contributed by atoms with Crippen LogP contribution in [0.1, 0.15) is 27.9 Å². The molecule has 0 saturated heterocycles. The predicted molar refractivity (Wildman–Crippen MR) is 109 cm³/mol. The molecular weight excluding hydrogens is 390 g/mol. The minimum absolute atomic E-state index is 0.136. The van der Waals surface area contributed by atoms with E-state index in [1.54, 1.807) is 43.7 Å². The molecule has 0 bridgehead atoms. The van der Waals surface area contributed by atoms with Gasteiger partial charge < -0.3 is 14.1 Å². The number of rotatable bonds is 8. The Balaban J connectivity index is 1.57. The van der Waals surface area contributed by atoms with Crippen LogP contribution in [0.3, 0.4) is 0 Å². The van der Waals surface area contributed by atoms with Crippen LogP contribution in [0.2, 0.25) is 0 Å². The third-order valence-corrected chi connectivity index (χ3v) is 5.76. The highest BCUT2D eigenvalue weighted by Gasteiger charge is 2.19. The average Bonchev–Trinajstić information content (AvgIpc) is 3.20. The summed E-state index contributed by atoms with van der Waals surface area (Å²) in [6, 6.07) is 11.2. The first-order valence-corrected chi connectivity index (χ1v) is 10.6. The van der Waals surface area contributed by atoms with Gasteiger partial charge in [0.25, 0.3) is 5.91 Å². The minimum Gasteiger partial charge on any atom is -0.379 e. The number of nitrogens with zero attached hydrogens (tertiary/aromatic N) is 2. The van der Waals surface area contributed by atoms with Crippen molar-refractivity contribution in [3.8, 4) is 5.75 Å². The lowest BCUT2D eigenvalue weighted by Gasteiger charge is -2.11. The van der Waals surface area contributed by atoms with E-state index in [0.717, 1.165) is 18.5 Å². The van der Waals surface area contributed by atoms with Crippen molar-refractivity contribution in [2.24, 2.45) is 0 Å². The highest BCUT2D eigenvalue weighted by molar-refractivity contribution is 7.87. The molecule has 0 fully saturated rings. The monoisotopic (exact) mass is 413 g/mol. The number of aryl methyl sites for hydroxylation is 3. The summed E-state index contributed by atoms with van der Waals surface area (Å²) in [4.78, 5) is 16.3. The van der Waals surface area contributed by atoms with E-state index < -0.39 is 10.1 Å². The Bertz CT molecular complexity index is 1080. The van der Waals surface area contributed by atoms with Crippen LogP contribution in [0.25, 0.3) is 0 Å². The average molecular weight is 413 g/mol. The minimum atomic E-state index is -3.95. The molecule has 0 saturated carbocycles. The van der Waals surface area contributed by atoms with Gasteiger partial charge in [-0.2, -0.15) is 8.42 Å². The fraction of sp³-hybridized carbons (Fsp3) is 0.238. The smallest absolute Gasteiger partial charge is 0.339 e.